The SMILES string of the molecule is C=C(Nc1ccc(-c2cc(-c3ccc(OC[C@@H]4COCCO4)c(OC)c3)cnc2N)cc1)C1=CN(CC2CCOCC2)C=C(c2ccc(C)cc2)C1=C. The summed E-state index contributed by atoms with van der Waals surface area (Å²) in [5, 5.41) is 3.54. The summed E-state index contributed by atoms with van der Waals surface area (Å²) in [4.78, 5) is 6.84. The molecule has 0 aliphatic carbocycles. The highest BCUT2D eigenvalue weighted by Crippen LogP contribution is 2.38. The van der Waals surface area contributed by atoms with E-state index in [2.05, 4.69) is 78.0 Å². The van der Waals surface area contributed by atoms with Crippen molar-refractivity contribution in [3.63, 3.8) is 0 Å². The van der Waals surface area contributed by atoms with Crippen LogP contribution in [0, 0.1) is 12.8 Å². The molecule has 7 rings (SSSR count). The van der Waals surface area contributed by atoms with E-state index in [1.165, 1.54) is 5.56 Å². The molecule has 4 heterocycles. The monoisotopic (exact) mass is 712 g/mol. The van der Waals surface area contributed by atoms with Crippen molar-refractivity contribution in [3.8, 4) is 33.8 Å². The number of hydrogen-bond donors (Lipinski definition) is 2. The third kappa shape index (κ3) is 8.66. The van der Waals surface area contributed by atoms with Crippen LogP contribution in [-0.4, -0.2) is 69.3 Å². The fourth-order valence-corrected chi connectivity index (χ4v) is 6.87. The maximum atomic E-state index is 6.43. The number of nitrogens with zero attached hydrogens (tertiary/aromatic N) is 2. The Kier molecular flexibility index (Phi) is 11.2. The van der Waals surface area contributed by atoms with Gasteiger partial charge in [0.2, 0.25) is 0 Å². The summed E-state index contributed by atoms with van der Waals surface area (Å²) in [6.45, 7) is 15.7. The van der Waals surface area contributed by atoms with Gasteiger partial charge in [-0.3, -0.25) is 0 Å². The number of pyridine rings is 1. The number of ether oxygens (including phenoxy) is 5. The number of allylic oxidation sites excluding steroid dienone is 2. The first-order valence-corrected chi connectivity index (χ1v) is 18.2. The minimum atomic E-state index is -0.105. The number of anilines is 2. The zero-order valence-electron chi connectivity index (χ0n) is 30.6. The highest BCUT2D eigenvalue weighted by molar-refractivity contribution is 5.87. The second-order valence-electron chi connectivity index (χ2n) is 13.8. The average molecular weight is 713 g/mol. The van der Waals surface area contributed by atoms with Gasteiger partial charge in [0.15, 0.2) is 11.5 Å². The third-order valence-electron chi connectivity index (χ3n) is 9.95. The molecule has 3 aliphatic heterocycles. The van der Waals surface area contributed by atoms with Crippen molar-refractivity contribution >= 4 is 17.1 Å². The smallest absolute Gasteiger partial charge is 0.161 e. The zero-order chi connectivity index (χ0) is 36.7. The Morgan fingerprint density at radius 3 is 2.38 bits per heavy atom. The molecule has 3 aromatic carbocycles. The first-order valence-electron chi connectivity index (χ1n) is 18.2. The predicted octanol–water partition coefficient (Wildman–Crippen LogP) is 8.26. The van der Waals surface area contributed by atoms with Gasteiger partial charge < -0.3 is 39.6 Å². The summed E-state index contributed by atoms with van der Waals surface area (Å²) in [5.74, 6) is 2.28. The van der Waals surface area contributed by atoms with Crippen LogP contribution in [0.3, 0.4) is 0 Å². The molecule has 3 aliphatic rings. The van der Waals surface area contributed by atoms with Crippen LogP contribution in [-0.2, 0) is 14.2 Å². The fraction of sp³-hybridized carbons (Fsp3) is 0.295. The lowest BCUT2D eigenvalue weighted by molar-refractivity contribution is -0.101. The van der Waals surface area contributed by atoms with Gasteiger partial charge in [0.1, 0.15) is 18.5 Å². The quantitative estimate of drug-likeness (QED) is 0.150. The van der Waals surface area contributed by atoms with E-state index in [-0.39, 0.29) is 6.10 Å². The molecule has 1 aromatic heterocycles. The van der Waals surface area contributed by atoms with Crippen molar-refractivity contribution < 1.29 is 23.7 Å². The fourth-order valence-electron chi connectivity index (χ4n) is 6.87. The van der Waals surface area contributed by atoms with Crippen LogP contribution >= 0.6 is 0 Å². The van der Waals surface area contributed by atoms with E-state index < -0.39 is 0 Å². The number of aromatic nitrogens is 1. The number of aryl methyl sites for hydroxylation is 1. The van der Waals surface area contributed by atoms with Crippen molar-refractivity contribution in [3.05, 3.63) is 133 Å². The van der Waals surface area contributed by atoms with Gasteiger partial charge in [0, 0.05) is 72.0 Å². The molecule has 9 nitrogen and oxygen atoms in total. The Morgan fingerprint density at radius 2 is 1.64 bits per heavy atom. The molecule has 0 unspecified atom stereocenters. The van der Waals surface area contributed by atoms with E-state index in [1.807, 2.05) is 42.5 Å². The van der Waals surface area contributed by atoms with Gasteiger partial charge in [-0.15, -0.1) is 0 Å². The van der Waals surface area contributed by atoms with E-state index in [4.69, 9.17) is 29.4 Å². The van der Waals surface area contributed by atoms with E-state index in [9.17, 15) is 0 Å². The van der Waals surface area contributed by atoms with Crippen molar-refractivity contribution in [2.75, 3.05) is 64.3 Å². The topological polar surface area (TPSA) is 100 Å². The minimum Gasteiger partial charge on any atom is -0.493 e. The second-order valence-corrected chi connectivity index (χ2v) is 13.8. The Morgan fingerprint density at radius 1 is 0.887 bits per heavy atom. The minimum absolute atomic E-state index is 0.105. The molecule has 2 fully saturated rings. The highest BCUT2D eigenvalue weighted by atomic mass is 16.6. The Balaban J connectivity index is 1.06. The first-order chi connectivity index (χ1) is 25.8. The Bertz CT molecular complexity index is 1990. The molecule has 0 radical (unpaired) electrons. The van der Waals surface area contributed by atoms with Crippen molar-refractivity contribution in [2.24, 2.45) is 5.92 Å². The molecule has 0 amide bonds. The molecule has 274 valence electrons. The lowest BCUT2D eigenvalue weighted by Crippen LogP contribution is -2.33. The maximum Gasteiger partial charge on any atom is 0.161 e. The van der Waals surface area contributed by atoms with Crippen LogP contribution < -0.4 is 20.5 Å². The van der Waals surface area contributed by atoms with E-state index in [0.29, 0.717) is 49.7 Å². The molecule has 2 saturated heterocycles. The van der Waals surface area contributed by atoms with Gasteiger partial charge in [-0.2, -0.15) is 0 Å². The van der Waals surface area contributed by atoms with Gasteiger partial charge in [-0.25, -0.2) is 4.98 Å². The molecule has 9 heteroatoms. The van der Waals surface area contributed by atoms with Crippen LogP contribution in [0.5, 0.6) is 11.5 Å². The number of hydrogen-bond acceptors (Lipinski definition) is 9. The van der Waals surface area contributed by atoms with Crippen LogP contribution in [0.2, 0.25) is 0 Å². The van der Waals surface area contributed by atoms with Crippen LogP contribution in [0.15, 0.2) is 121 Å². The number of nitrogens with two attached hydrogens (primary N) is 1. The van der Waals surface area contributed by atoms with Crippen LogP contribution in [0.4, 0.5) is 11.5 Å². The molecule has 3 N–H and O–H groups in total. The normalized spacial score (nSPS) is 17.9. The van der Waals surface area contributed by atoms with Crippen LogP contribution in [0.1, 0.15) is 24.0 Å². The first kappa shape index (κ1) is 36.0. The summed E-state index contributed by atoms with van der Waals surface area (Å²) < 4.78 is 28.5. The van der Waals surface area contributed by atoms with Gasteiger partial charge in [-0.1, -0.05) is 61.2 Å². The highest BCUT2D eigenvalue weighted by Gasteiger charge is 2.23. The number of nitrogens with one attached hydrogen (secondary N) is 1. The molecular weight excluding hydrogens is 665 g/mol. The standard InChI is InChI=1S/C44H48N4O5/c1-29-5-7-34(8-6-29)41-26-48(24-32-15-17-50-18-16-32)25-40(30(41)2)31(3)47-37-12-9-33(10-13-37)39-21-36(23-46-44(39)45)35-11-14-42(43(22-35)49-4)53-28-38-27-51-19-20-52-38/h5-14,21-23,25-26,32,38,47H,2-3,15-20,24,27-28H2,1,4H3,(H2,45,46)/t38-/m0/s1. The Labute approximate surface area is 312 Å². The van der Waals surface area contributed by atoms with E-state index in [0.717, 1.165) is 88.5 Å². The largest absolute Gasteiger partial charge is 0.493 e. The van der Waals surface area contributed by atoms with Crippen molar-refractivity contribution in [2.45, 2.75) is 25.9 Å². The number of nitrogen functional groups attached to an aromatic ring is 1. The van der Waals surface area contributed by atoms with E-state index in [1.54, 1.807) is 13.3 Å². The van der Waals surface area contributed by atoms with Crippen molar-refractivity contribution in [1.29, 1.82) is 0 Å². The molecule has 0 bridgehead atoms. The van der Waals surface area contributed by atoms with E-state index >= 15 is 0 Å². The average Bonchev–Trinajstić information content (AvgIpc) is 3.19. The molecule has 53 heavy (non-hydrogen) atoms. The lowest BCUT2D eigenvalue weighted by atomic mass is 9.90. The number of rotatable bonds is 12. The second kappa shape index (κ2) is 16.5. The molecule has 1 atom stereocenters. The number of methoxy groups -OCH3 is 1. The summed E-state index contributed by atoms with van der Waals surface area (Å²) >= 11 is 0. The molecular formula is C44H48N4O5. The van der Waals surface area contributed by atoms with Gasteiger partial charge >= 0.3 is 0 Å². The summed E-state index contributed by atoms with van der Waals surface area (Å²) in [7, 11) is 1.63. The van der Waals surface area contributed by atoms with Crippen LogP contribution in [0.25, 0.3) is 27.8 Å². The molecule has 0 saturated carbocycles. The third-order valence-corrected chi connectivity index (χ3v) is 9.95. The van der Waals surface area contributed by atoms with Gasteiger partial charge in [0.25, 0.3) is 0 Å². The zero-order valence-corrected chi connectivity index (χ0v) is 30.6. The summed E-state index contributed by atoms with van der Waals surface area (Å²) in [6, 6.07) is 24.7. The van der Waals surface area contributed by atoms with Crippen molar-refractivity contribution in [1.82, 2.24) is 9.88 Å². The lowest BCUT2D eigenvalue weighted by Gasteiger charge is -2.32. The molecule has 4 aromatic rings. The van der Waals surface area contributed by atoms with Gasteiger partial charge in [0.05, 0.1) is 26.9 Å². The number of benzene rings is 3. The summed E-state index contributed by atoms with van der Waals surface area (Å²) in [5.41, 5.74) is 17.1. The summed E-state index contributed by atoms with van der Waals surface area (Å²) in [6.07, 6.45) is 8.19. The Hall–Kier alpha value is -5.35. The molecule has 0 spiro atoms. The van der Waals surface area contributed by atoms with Gasteiger partial charge in [-0.05, 0) is 78.3 Å². The maximum absolute atomic E-state index is 6.43. The predicted molar refractivity (Wildman–Crippen MR) is 212 cm³/mol.